The van der Waals surface area contributed by atoms with Crippen molar-refractivity contribution in [2.45, 2.75) is 25.3 Å². The maximum Gasteiger partial charge on any atom is 0.311 e. The number of nitrogens with one attached hydrogen (secondary N) is 1. The van der Waals surface area contributed by atoms with E-state index in [1.165, 1.54) is 19.2 Å². The average molecular weight is 281 g/mol. The lowest BCUT2D eigenvalue weighted by Crippen LogP contribution is -2.19. The number of hydrogen-bond acceptors (Lipinski definition) is 6. The molecule has 0 amide bonds. The van der Waals surface area contributed by atoms with Crippen LogP contribution in [0.1, 0.15) is 19.3 Å². The van der Waals surface area contributed by atoms with Crippen molar-refractivity contribution in [3.8, 4) is 5.88 Å². The molecule has 8 nitrogen and oxygen atoms in total. The van der Waals surface area contributed by atoms with Gasteiger partial charge in [-0.05, 0) is 19.3 Å². The van der Waals surface area contributed by atoms with Crippen LogP contribution in [-0.4, -0.2) is 34.1 Å². The van der Waals surface area contributed by atoms with E-state index < -0.39 is 16.8 Å². The van der Waals surface area contributed by atoms with Crippen LogP contribution in [0, 0.1) is 16.0 Å². The normalized spacial score (nSPS) is 21.4. The predicted octanol–water partition coefficient (Wildman–Crippen LogP) is 1.66. The molecule has 1 saturated carbocycles. The minimum atomic E-state index is -0.831. The van der Waals surface area contributed by atoms with Gasteiger partial charge in [0, 0.05) is 18.2 Å². The van der Waals surface area contributed by atoms with Gasteiger partial charge in [-0.15, -0.1) is 0 Å². The zero-order valence-electron chi connectivity index (χ0n) is 10.9. The van der Waals surface area contributed by atoms with E-state index >= 15 is 0 Å². The summed E-state index contributed by atoms with van der Waals surface area (Å²) >= 11 is 0. The highest BCUT2D eigenvalue weighted by molar-refractivity contribution is 5.70. The Morgan fingerprint density at radius 3 is 2.85 bits per heavy atom. The van der Waals surface area contributed by atoms with Crippen molar-refractivity contribution < 1.29 is 19.6 Å². The van der Waals surface area contributed by atoms with Crippen LogP contribution in [0.15, 0.2) is 12.1 Å². The number of nitro groups is 1. The second-order valence-corrected chi connectivity index (χ2v) is 4.67. The molecule has 1 aromatic heterocycles. The number of carboxylic acid groups (broad SMARTS) is 1. The molecule has 0 aromatic carbocycles. The van der Waals surface area contributed by atoms with Gasteiger partial charge in [0.15, 0.2) is 0 Å². The summed E-state index contributed by atoms with van der Waals surface area (Å²) in [5.41, 5.74) is -0.149. The van der Waals surface area contributed by atoms with Crippen LogP contribution in [0.25, 0.3) is 0 Å². The first kappa shape index (κ1) is 14.0. The van der Waals surface area contributed by atoms with E-state index in [0.29, 0.717) is 19.3 Å². The van der Waals surface area contributed by atoms with E-state index in [1.54, 1.807) is 0 Å². The number of rotatable bonds is 5. The molecule has 0 bridgehead atoms. The van der Waals surface area contributed by atoms with Gasteiger partial charge >= 0.3 is 11.7 Å². The number of pyridine rings is 1. The predicted molar refractivity (Wildman–Crippen MR) is 69.8 cm³/mol. The summed E-state index contributed by atoms with van der Waals surface area (Å²) in [5.74, 6) is -0.851. The van der Waals surface area contributed by atoms with E-state index in [0.717, 1.165) is 0 Å². The van der Waals surface area contributed by atoms with E-state index in [-0.39, 0.29) is 23.4 Å². The van der Waals surface area contributed by atoms with Gasteiger partial charge in [0.25, 0.3) is 0 Å². The van der Waals surface area contributed by atoms with E-state index in [2.05, 4.69) is 10.3 Å². The number of nitrogens with zero attached hydrogens (tertiary/aromatic N) is 2. The summed E-state index contributed by atoms with van der Waals surface area (Å²) in [7, 11) is 1.42. The first-order valence-electron chi connectivity index (χ1n) is 6.20. The second-order valence-electron chi connectivity index (χ2n) is 4.67. The maximum atomic E-state index is 11.0. The summed E-state index contributed by atoms with van der Waals surface area (Å²) < 4.78 is 4.95. The third-order valence-corrected chi connectivity index (χ3v) is 3.38. The highest BCUT2D eigenvalue weighted by Crippen LogP contribution is 2.31. The minimum absolute atomic E-state index is 0.116. The molecule has 20 heavy (non-hydrogen) atoms. The summed E-state index contributed by atoms with van der Waals surface area (Å²) in [6.07, 6.45) is 1.64. The molecule has 0 radical (unpaired) electrons. The molecule has 1 fully saturated rings. The molecule has 0 saturated heterocycles. The summed E-state index contributed by atoms with van der Waals surface area (Å²) in [5, 5.41) is 22.9. The van der Waals surface area contributed by atoms with Crippen molar-refractivity contribution in [2.75, 3.05) is 12.4 Å². The van der Waals surface area contributed by atoms with Gasteiger partial charge in [0.2, 0.25) is 11.7 Å². The zero-order chi connectivity index (χ0) is 14.7. The molecule has 0 aliphatic heterocycles. The molecule has 8 heteroatoms. The number of aromatic nitrogens is 1. The summed E-state index contributed by atoms with van der Waals surface area (Å²) in [6, 6.07) is 2.60. The largest absolute Gasteiger partial charge is 0.481 e. The van der Waals surface area contributed by atoms with Crippen molar-refractivity contribution in [1.29, 1.82) is 0 Å². The van der Waals surface area contributed by atoms with Crippen LogP contribution in [0.5, 0.6) is 5.88 Å². The van der Waals surface area contributed by atoms with Gasteiger partial charge < -0.3 is 15.2 Å². The minimum Gasteiger partial charge on any atom is -0.481 e. The molecule has 0 unspecified atom stereocenters. The standard InChI is InChI=1S/C12H15N3O5/c1-20-10-5-4-9(15(18)19)11(14-10)13-8-3-2-7(6-8)12(16)17/h4-5,7-8H,2-3,6H2,1H3,(H,13,14)(H,16,17)/t7-,8+/m1/s1. The Morgan fingerprint density at radius 2 is 2.30 bits per heavy atom. The summed E-state index contributed by atoms with van der Waals surface area (Å²) in [4.78, 5) is 25.4. The first-order valence-corrected chi connectivity index (χ1v) is 6.20. The number of carboxylic acids is 1. The molecule has 1 aromatic rings. The molecular formula is C12H15N3O5. The Hall–Kier alpha value is -2.38. The Bertz CT molecular complexity index is 534. The van der Waals surface area contributed by atoms with Crippen molar-refractivity contribution >= 4 is 17.5 Å². The molecule has 108 valence electrons. The first-order chi connectivity index (χ1) is 9.51. The number of aliphatic carboxylic acids is 1. The quantitative estimate of drug-likeness (QED) is 0.623. The highest BCUT2D eigenvalue weighted by atomic mass is 16.6. The van der Waals surface area contributed by atoms with Gasteiger partial charge in [0.05, 0.1) is 18.0 Å². The third-order valence-electron chi connectivity index (χ3n) is 3.38. The Morgan fingerprint density at radius 1 is 1.55 bits per heavy atom. The molecule has 1 aliphatic rings. The van der Waals surface area contributed by atoms with E-state index in [1.807, 2.05) is 0 Å². The fourth-order valence-electron chi connectivity index (χ4n) is 2.33. The number of anilines is 1. The second kappa shape index (κ2) is 5.72. The lowest BCUT2D eigenvalue weighted by atomic mass is 10.1. The number of carbonyl (C=O) groups is 1. The molecule has 1 heterocycles. The molecule has 2 N–H and O–H groups in total. The topological polar surface area (TPSA) is 115 Å². The maximum absolute atomic E-state index is 11.0. The van der Waals surface area contributed by atoms with Gasteiger partial charge in [-0.1, -0.05) is 0 Å². The third kappa shape index (κ3) is 2.95. The van der Waals surface area contributed by atoms with Crippen LogP contribution < -0.4 is 10.1 Å². The number of ether oxygens (including phenoxy) is 1. The number of hydrogen-bond donors (Lipinski definition) is 2. The summed E-state index contributed by atoms with van der Waals surface area (Å²) in [6.45, 7) is 0. The molecular weight excluding hydrogens is 266 g/mol. The smallest absolute Gasteiger partial charge is 0.311 e. The van der Waals surface area contributed by atoms with Gasteiger partial charge in [-0.25, -0.2) is 0 Å². The average Bonchev–Trinajstić information content (AvgIpc) is 2.87. The Balaban J connectivity index is 2.16. The zero-order valence-corrected chi connectivity index (χ0v) is 10.9. The lowest BCUT2D eigenvalue weighted by molar-refractivity contribution is -0.384. The fourth-order valence-corrected chi connectivity index (χ4v) is 2.33. The Labute approximate surface area is 114 Å². The van der Waals surface area contributed by atoms with Crippen LogP contribution in [0.2, 0.25) is 0 Å². The van der Waals surface area contributed by atoms with Crippen molar-refractivity contribution in [1.82, 2.24) is 4.98 Å². The van der Waals surface area contributed by atoms with Crippen LogP contribution in [0.3, 0.4) is 0 Å². The molecule has 2 rings (SSSR count). The monoisotopic (exact) mass is 281 g/mol. The van der Waals surface area contributed by atoms with Crippen LogP contribution in [0.4, 0.5) is 11.5 Å². The SMILES string of the molecule is COc1ccc([N+](=O)[O-])c(N[C@H]2CC[C@@H](C(=O)O)C2)n1. The van der Waals surface area contributed by atoms with Gasteiger partial charge in [-0.2, -0.15) is 4.98 Å². The van der Waals surface area contributed by atoms with Crippen molar-refractivity contribution in [2.24, 2.45) is 5.92 Å². The Kier molecular flexibility index (Phi) is 4.02. The van der Waals surface area contributed by atoms with E-state index in [9.17, 15) is 14.9 Å². The van der Waals surface area contributed by atoms with Gasteiger partial charge in [0.1, 0.15) is 0 Å². The van der Waals surface area contributed by atoms with Gasteiger partial charge in [-0.3, -0.25) is 14.9 Å². The molecule has 0 spiro atoms. The van der Waals surface area contributed by atoms with E-state index in [4.69, 9.17) is 9.84 Å². The fraction of sp³-hybridized carbons (Fsp3) is 0.500. The van der Waals surface area contributed by atoms with Crippen LogP contribution >= 0.6 is 0 Å². The highest BCUT2D eigenvalue weighted by Gasteiger charge is 2.31. The number of methoxy groups -OCH3 is 1. The van der Waals surface area contributed by atoms with Crippen molar-refractivity contribution in [3.63, 3.8) is 0 Å². The molecule has 2 atom stereocenters. The molecule has 1 aliphatic carbocycles. The lowest BCUT2D eigenvalue weighted by Gasteiger charge is -2.13. The van der Waals surface area contributed by atoms with Crippen molar-refractivity contribution in [3.05, 3.63) is 22.2 Å². The van der Waals surface area contributed by atoms with Crippen LogP contribution in [-0.2, 0) is 4.79 Å².